The number of anilines is 2. The van der Waals surface area contributed by atoms with Gasteiger partial charge >= 0.3 is 0 Å². The summed E-state index contributed by atoms with van der Waals surface area (Å²) in [6.45, 7) is 0. The highest BCUT2D eigenvalue weighted by Gasteiger charge is 2.22. The highest BCUT2D eigenvalue weighted by molar-refractivity contribution is 6.08. The summed E-state index contributed by atoms with van der Waals surface area (Å²) < 4.78 is 13.1. The predicted molar refractivity (Wildman–Crippen MR) is 117 cm³/mol. The molecule has 0 saturated carbocycles. The van der Waals surface area contributed by atoms with Crippen LogP contribution in [0.2, 0.25) is 0 Å². The van der Waals surface area contributed by atoms with Crippen molar-refractivity contribution in [2.45, 2.75) is 18.9 Å². The molecule has 4 nitrogen and oxygen atoms in total. The molecule has 0 radical (unpaired) electrons. The second-order valence-corrected chi connectivity index (χ2v) is 7.46. The van der Waals surface area contributed by atoms with Gasteiger partial charge in [-0.15, -0.1) is 0 Å². The molecule has 0 saturated heterocycles. The average molecular weight is 397 g/mol. The number of amides is 1. The lowest BCUT2D eigenvalue weighted by Crippen LogP contribution is -2.12. The van der Waals surface area contributed by atoms with Crippen molar-refractivity contribution in [1.82, 2.24) is 4.98 Å². The monoisotopic (exact) mass is 397 g/mol. The second-order valence-electron chi connectivity index (χ2n) is 7.46. The predicted octanol–water partition coefficient (Wildman–Crippen LogP) is 5.73. The summed E-state index contributed by atoms with van der Waals surface area (Å²) in [7, 11) is 0. The zero-order valence-corrected chi connectivity index (χ0v) is 16.2. The number of nitrogens with zero attached hydrogens (tertiary/aromatic N) is 1. The van der Waals surface area contributed by atoms with E-state index in [1.165, 1.54) is 35.4 Å². The number of carbonyl (C=O) groups excluding carboxylic acids is 1. The van der Waals surface area contributed by atoms with Gasteiger partial charge in [-0.25, -0.2) is 9.37 Å². The van der Waals surface area contributed by atoms with Gasteiger partial charge in [-0.3, -0.25) is 4.79 Å². The molecule has 5 rings (SSSR count). The van der Waals surface area contributed by atoms with Crippen LogP contribution < -0.4 is 10.6 Å². The lowest BCUT2D eigenvalue weighted by Gasteiger charge is -2.16. The van der Waals surface area contributed by atoms with Gasteiger partial charge in [0, 0.05) is 10.9 Å². The van der Waals surface area contributed by atoms with Gasteiger partial charge in [0.2, 0.25) is 0 Å². The van der Waals surface area contributed by atoms with Crippen molar-refractivity contribution >= 4 is 28.3 Å². The summed E-state index contributed by atoms with van der Waals surface area (Å²) in [4.78, 5) is 17.3. The molecule has 148 valence electrons. The molecule has 1 unspecified atom stereocenters. The fourth-order valence-electron chi connectivity index (χ4n) is 4.03. The summed E-state index contributed by atoms with van der Waals surface area (Å²) in [5, 5.41) is 7.30. The number of halogens is 1. The van der Waals surface area contributed by atoms with Crippen LogP contribution in [0.15, 0.2) is 78.9 Å². The van der Waals surface area contributed by atoms with Crippen LogP contribution in [0.3, 0.4) is 0 Å². The molecule has 3 aromatic carbocycles. The molecule has 1 aromatic heterocycles. The maximum Gasteiger partial charge on any atom is 0.255 e. The van der Waals surface area contributed by atoms with E-state index in [9.17, 15) is 9.18 Å². The molecule has 1 atom stereocenters. The van der Waals surface area contributed by atoms with E-state index in [-0.39, 0.29) is 17.8 Å². The number of nitrogens with one attached hydrogen (secondary N) is 2. The van der Waals surface area contributed by atoms with Gasteiger partial charge in [0.05, 0.1) is 17.2 Å². The Balaban J connectivity index is 1.39. The third kappa shape index (κ3) is 3.50. The number of hydrogen-bond acceptors (Lipinski definition) is 3. The Bertz CT molecular complexity index is 1240. The maximum absolute atomic E-state index is 13.1. The maximum atomic E-state index is 13.1. The summed E-state index contributed by atoms with van der Waals surface area (Å²) in [5.74, 6) is 0.157. The van der Waals surface area contributed by atoms with Crippen LogP contribution in [-0.2, 0) is 6.42 Å². The van der Waals surface area contributed by atoms with Gasteiger partial charge in [-0.1, -0.05) is 30.3 Å². The molecule has 1 aliphatic carbocycles. The first-order chi connectivity index (χ1) is 14.7. The molecule has 5 heteroatoms. The zero-order valence-electron chi connectivity index (χ0n) is 16.2. The standard InChI is InChI=1S/C25H20FN3O/c26-18-11-8-17(9-12-18)25(30)29-22-7-3-6-21-20(22)13-15-24(27-21)28-23-14-10-16-4-1-2-5-19(16)23/h1-9,11-13,15,23H,10,14H2,(H,27,28)(H,29,30). The largest absolute Gasteiger partial charge is 0.363 e. The van der Waals surface area contributed by atoms with Gasteiger partial charge in [0.1, 0.15) is 11.6 Å². The topological polar surface area (TPSA) is 54.0 Å². The SMILES string of the molecule is O=C(Nc1cccc2nc(NC3CCc4ccccc43)ccc12)c1ccc(F)cc1. The Labute approximate surface area is 173 Å². The van der Waals surface area contributed by atoms with E-state index in [1.807, 2.05) is 30.3 Å². The van der Waals surface area contributed by atoms with Crippen molar-refractivity contribution in [1.29, 1.82) is 0 Å². The van der Waals surface area contributed by atoms with E-state index in [0.29, 0.717) is 11.3 Å². The van der Waals surface area contributed by atoms with Crippen molar-refractivity contribution in [3.05, 3.63) is 101 Å². The molecule has 0 fully saturated rings. The molecule has 0 spiro atoms. The molecular weight excluding hydrogens is 377 g/mol. The molecule has 30 heavy (non-hydrogen) atoms. The van der Waals surface area contributed by atoms with Crippen LogP contribution in [0, 0.1) is 5.82 Å². The first-order valence-electron chi connectivity index (χ1n) is 9.98. The normalized spacial score (nSPS) is 15.0. The number of pyridine rings is 1. The van der Waals surface area contributed by atoms with Crippen molar-refractivity contribution < 1.29 is 9.18 Å². The summed E-state index contributed by atoms with van der Waals surface area (Å²) in [6.07, 6.45) is 2.12. The Kier molecular flexibility index (Phi) is 4.64. The number of fused-ring (bicyclic) bond motifs is 2. The molecule has 1 amide bonds. The summed E-state index contributed by atoms with van der Waals surface area (Å²) >= 11 is 0. The van der Waals surface area contributed by atoms with Gasteiger partial charge in [-0.05, 0) is 72.5 Å². The van der Waals surface area contributed by atoms with Crippen molar-refractivity contribution in [2.24, 2.45) is 0 Å². The fourth-order valence-corrected chi connectivity index (χ4v) is 4.03. The number of aromatic nitrogens is 1. The fraction of sp³-hybridized carbons (Fsp3) is 0.120. The van der Waals surface area contributed by atoms with Crippen LogP contribution in [0.5, 0.6) is 0 Å². The second kappa shape index (κ2) is 7.59. The van der Waals surface area contributed by atoms with E-state index in [0.717, 1.165) is 29.6 Å². The third-order valence-corrected chi connectivity index (χ3v) is 5.54. The van der Waals surface area contributed by atoms with E-state index in [2.05, 4.69) is 34.9 Å². The molecular formula is C25H20FN3O. The number of rotatable bonds is 4. The molecule has 2 N–H and O–H groups in total. The zero-order chi connectivity index (χ0) is 20.5. The number of hydrogen-bond donors (Lipinski definition) is 2. The molecule has 0 aliphatic heterocycles. The Morgan fingerprint density at radius 1 is 0.933 bits per heavy atom. The quantitative estimate of drug-likeness (QED) is 0.463. The van der Waals surface area contributed by atoms with E-state index >= 15 is 0 Å². The minimum absolute atomic E-state index is 0.257. The van der Waals surface area contributed by atoms with Crippen LogP contribution >= 0.6 is 0 Å². The molecule has 4 aromatic rings. The Morgan fingerprint density at radius 3 is 2.63 bits per heavy atom. The summed E-state index contributed by atoms with van der Waals surface area (Å²) in [5.41, 5.74) is 4.59. The lowest BCUT2D eigenvalue weighted by atomic mass is 10.1. The van der Waals surface area contributed by atoms with Crippen LogP contribution in [0.1, 0.15) is 33.9 Å². The van der Waals surface area contributed by atoms with Crippen LogP contribution in [0.4, 0.5) is 15.9 Å². The number of aryl methyl sites for hydroxylation is 1. The van der Waals surface area contributed by atoms with Crippen molar-refractivity contribution in [2.75, 3.05) is 10.6 Å². The highest BCUT2D eigenvalue weighted by atomic mass is 19.1. The van der Waals surface area contributed by atoms with Gasteiger partial charge < -0.3 is 10.6 Å². The van der Waals surface area contributed by atoms with Crippen molar-refractivity contribution in [3.63, 3.8) is 0 Å². The van der Waals surface area contributed by atoms with Crippen LogP contribution in [-0.4, -0.2) is 10.9 Å². The van der Waals surface area contributed by atoms with E-state index in [4.69, 9.17) is 4.98 Å². The third-order valence-electron chi connectivity index (χ3n) is 5.54. The highest BCUT2D eigenvalue weighted by Crippen LogP contribution is 2.34. The molecule has 1 heterocycles. The van der Waals surface area contributed by atoms with Crippen molar-refractivity contribution in [3.8, 4) is 0 Å². The Morgan fingerprint density at radius 2 is 1.77 bits per heavy atom. The number of carbonyl (C=O) groups is 1. The van der Waals surface area contributed by atoms with E-state index < -0.39 is 0 Å². The minimum atomic E-state index is -0.370. The first kappa shape index (κ1) is 18.3. The molecule has 1 aliphatic rings. The number of benzene rings is 3. The first-order valence-corrected chi connectivity index (χ1v) is 9.98. The Hall–Kier alpha value is -3.73. The van der Waals surface area contributed by atoms with Crippen LogP contribution in [0.25, 0.3) is 10.9 Å². The molecule has 0 bridgehead atoms. The average Bonchev–Trinajstić information content (AvgIpc) is 3.17. The van der Waals surface area contributed by atoms with Gasteiger partial charge in [0.15, 0.2) is 0 Å². The van der Waals surface area contributed by atoms with Gasteiger partial charge in [-0.2, -0.15) is 0 Å². The van der Waals surface area contributed by atoms with E-state index in [1.54, 1.807) is 0 Å². The van der Waals surface area contributed by atoms with Gasteiger partial charge in [0.25, 0.3) is 5.91 Å². The smallest absolute Gasteiger partial charge is 0.255 e. The summed E-state index contributed by atoms with van der Waals surface area (Å²) in [6, 6.07) is 23.8. The lowest BCUT2D eigenvalue weighted by molar-refractivity contribution is 0.102. The minimum Gasteiger partial charge on any atom is -0.363 e.